The molecule has 146 valence electrons. The van der Waals surface area contributed by atoms with Crippen LogP contribution in [0.2, 0.25) is 0 Å². The van der Waals surface area contributed by atoms with Crippen LogP contribution in [0.4, 0.5) is 0 Å². The standard InChI is InChI=1S/C17H27N5O3.HI/c1-18-17(20-6-5-19-16(23)15-3-2-10-25-15)22-7-4-14(13-22)21-8-11-24-12-9-21;/h2-3,10,14H,4-9,11-13H2,1H3,(H,18,20)(H,19,23);1H. The molecule has 3 rings (SSSR count). The van der Waals surface area contributed by atoms with E-state index in [0.717, 1.165) is 51.8 Å². The molecular formula is C17H28IN5O3. The highest BCUT2D eigenvalue weighted by Crippen LogP contribution is 2.16. The highest BCUT2D eigenvalue weighted by molar-refractivity contribution is 14.0. The first-order valence-corrected chi connectivity index (χ1v) is 8.87. The molecule has 0 saturated carbocycles. The average molecular weight is 477 g/mol. The molecule has 2 aliphatic rings. The number of carbonyl (C=O) groups is 1. The summed E-state index contributed by atoms with van der Waals surface area (Å²) in [5.74, 6) is 1.02. The Bertz CT molecular complexity index is 575. The molecule has 26 heavy (non-hydrogen) atoms. The molecule has 2 N–H and O–H groups in total. The Labute approximate surface area is 171 Å². The number of nitrogens with one attached hydrogen (secondary N) is 2. The molecule has 3 heterocycles. The van der Waals surface area contributed by atoms with Gasteiger partial charge in [0.25, 0.3) is 5.91 Å². The normalized spacial score (nSPS) is 21.3. The molecule has 2 aliphatic heterocycles. The van der Waals surface area contributed by atoms with Crippen LogP contribution in [0.25, 0.3) is 0 Å². The van der Waals surface area contributed by atoms with Gasteiger partial charge in [0.15, 0.2) is 11.7 Å². The quantitative estimate of drug-likeness (QED) is 0.280. The number of guanidine groups is 1. The maximum absolute atomic E-state index is 11.8. The number of carbonyl (C=O) groups excluding carboxylic acids is 1. The lowest BCUT2D eigenvalue weighted by molar-refractivity contribution is 0.0195. The van der Waals surface area contributed by atoms with Gasteiger partial charge in [0.05, 0.1) is 19.5 Å². The van der Waals surface area contributed by atoms with E-state index in [-0.39, 0.29) is 29.9 Å². The van der Waals surface area contributed by atoms with E-state index in [1.807, 2.05) is 0 Å². The molecule has 2 saturated heterocycles. The second kappa shape index (κ2) is 10.7. The van der Waals surface area contributed by atoms with E-state index in [2.05, 4.69) is 25.4 Å². The third kappa shape index (κ3) is 5.58. The summed E-state index contributed by atoms with van der Waals surface area (Å²) in [6.07, 6.45) is 2.64. The highest BCUT2D eigenvalue weighted by Gasteiger charge is 2.30. The summed E-state index contributed by atoms with van der Waals surface area (Å²) in [6.45, 7) is 6.82. The number of hydrogen-bond acceptors (Lipinski definition) is 5. The summed E-state index contributed by atoms with van der Waals surface area (Å²) in [6, 6.07) is 3.92. The van der Waals surface area contributed by atoms with Gasteiger partial charge in [-0.15, -0.1) is 24.0 Å². The van der Waals surface area contributed by atoms with Gasteiger partial charge in [-0.1, -0.05) is 0 Å². The molecule has 2 fully saturated rings. The molecule has 0 radical (unpaired) electrons. The first-order valence-electron chi connectivity index (χ1n) is 8.87. The molecule has 8 nitrogen and oxygen atoms in total. The van der Waals surface area contributed by atoms with Crippen molar-refractivity contribution < 1.29 is 13.9 Å². The zero-order chi connectivity index (χ0) is 17.5. The van der Waals surface area contributed by atoms with Crippen LogP contribution in [-0.4, -0.2) is 87.2 Å². The third-order valence-electron chi connectivity index (χ3n) is 4.68. The molecule has 0 spiro atoms. The molecule has 1 aromatic rings. The SMILES string of the molecule is CN=C(NCCNC(=O)c1ccco1)N1CCC(N2CCOCC2)C1.I. The van der Waals surface area contributed by atoms with Crippen molar-refractivity contribution >= 4 is 35.8 Å². The Morgan fingerprint density at radius 1 is 1.27 bits per heavy atom. The minimum absolute atomic E-state index is 0. The Morgan fingerprint density at radius 2 is 2.04 bits per heavy atom. The van der Waals surface area contributed by atoms with Crippen molar-refractivity contribution in [3.05, 3.63) is 24.2 Å². The van der Waals surface area contributed by atoms with E-state index in [1.165, 1.54) is 6.26 Å². The fourth-order valence-electron chi connectivity index (χ4n) is 3.35. The molecule has 0 aliphatic carbocycles. The summed E-state index contributed by atoms with van der Waals surface area (Å²) < 4.78 is 10.5. The van der Waals surface area contributed by atoms with Crippen molar-refractivity contribution in [1.82, 2.24) is 20.4 Å². The van der Waals surface area contributed by atoms with Gasteiger partial charge in [0.2, 0.25) is 0 Å². The van der Waals surface area contributed by atoms with Crippen LogP contribution in [0.5, 0.6) is 0 Å². The lowest BCUT2D eigenvalue weighted by atomic mass is 10.2. The van der Waals surface area contributed by atoms with Gasteiger partial charge in [0, 0.05) is 52.4 Å². The number of nitrogens with zero attached hydrogens (tertiary/aromatic N) is 3. The molecule has 9 heteroatoms. The van der Waals surface area contributed by atoms with Crippen molar-refractivity contribution in [2.75, 3.05) is 59.5 Å². The number of rotatable bonds is 5. The zero-order valence-electron chi connectivity index (χ0n) is 15.1. The van der Waals surface area contributed by atoms with Gasteiger partial charge in [0.1, 0.15) is 0 Å². The van der Waals surface area contributed by atoms with Crippen molar-refractivity contribution in [1.29, 1.82) is 0 Å². The van der Waals surface area contributed by atoms with Crippen molar-refractivity contribution in [3.63, 3.8) is 0 Å². The molecule has 1 atom stereocenters. The first-order chi connectivity index (χ1) is 12.3. The summed E-state index contributed by atoms with van der Waals surface area (Å²) in [4.78, 5) is 21.0. The van der Waals surface area contributed by atoms with Gasteiger partial charge in [-0.25, -0.2) is 0 Å². The van der Waals surface area contributed by atoms with Crippen LogP contribution < -0.4 is 10.6 Å². The topological polar surface area (TPSA) is 82.3 Å². The first kappa shape index (κ1) is 21.0. The maximum Gasteiger partial charge on any atom is 0.287 e. The lowest BCUT2D eigenvalue weighted by Crippen LogP contribution is -2.47. The molecule has 0 bridgehead atoms. The monoisotopic (exact) mass is 477 g/mol. The van der Waals surface area contributed by atoms with E-state index in [1.54, 1.807) is 19.2 Å². The number of likely N-dealkylation sites (tertiary alicyclic amines) is 1. The molecular weight excluding hydrogens is 449 g/mol. The van der Waals surface area contributed by atoms with Crippen LogP contribution in [0.1, 0.15) is 17.0 Å². The summed E-state index contributed by atoms with van der Waals surface area (Å²) in [5.41, 5.74) is 0. The van der Waals surface area contributed by atoms with Crippen molar-refractivity contribution in [3.8, 4) is 0 Å². The summed E-state index contributed by atoms with van der Waals surface area (Å²) >= 11 is 0. The van der Waals surface area contributed by atoms with Crippen LogP contribution in [0.15, 0.2) is 27.8 Å². The Morgan fingerprint density at radius 3 is 2.73 bits per heavy atom. The second-order valence-electron chi connectivity index (χ2n) is 6.24. The minimum atomic E-state index is -0.199. The molecule has 1 unspecified atom stereocenters. The van der Waals surface area contributed by atoms with Crippen LogP contribution >= 0.6 is 24.0 Å². The van der Waals surface area contributed by atoms with Crippen molar-refractivity contribution in [2.45, 2.75) is 12.5 Å². The third-order valence-corrected chi connectivity index (χ3v) is 4.68. The van der Waals surface area contributed by atoms with E-state index in [0.29, 0.717) is 24.9 Å². The predicted octanol–water partition coefficient (Wildman–Crippen LogP) is 0.609. The number of morpholine rings is 1. The fourth-order valence-corrected chi connectivity index (χ4v) is 3.35. The number of aliphatic imine (C=N–C) groups is 1. The van der Waals surface area contributed by atoms with E-state index in [9.17, 15) is 4.79 Å². The number of hydrogen-bond donors (Lipinski definition) is 2. The van der Waals surface area contributed by atoms with Crippen molar-refractivity contribution in [2.24, 2.45) is 4.99 Å². The number of ether oxygens (including phenoxy) is 1. The highest BCUT2D eigenvalue weighted by atomic mass is 127. The van der Waals surface area contributed by atoms with Gasteiger partial charge >= 0.3 is 0 Å². The largest absolute Gasteiger partial charge is 0.459 e. The second-order valence-corrected chi connectivity index (χ2v) is 6.24. The number of furan rings is 1. The Hall–Kier alpha value is -1.33. The van der Waals surface area contributed by atoms with Gasteiger partial charge in [-0.05, 0) is 18.6 Å². The average Bonchev–Trinajstić information content (AvgIpc) is 3.34. The number of amides is 1. The van der Waals surface area contributed by atoms with Gasteiger partial charge in [-0.3, -0.25) is 14.7 Å². The van der Waals surface area contributed by atoms with Crippen LogP contribution in [-0.2, 0) is 4.74 Å². The van der Waals surface area contributed by atoms with E-state index in [4.69, 9.17) is 9.15 Å². The van der Waals surface area contributed by atoms with Gasteiger partial charge in [-0.2, -0.15) is 0 Å². The molecule has 1 amide bonds. The van der Waals surface area contributed by atoms with Gasteiger partial charge < -0.3 is 24.7 Å². The summed E-state index contributed by atoms with van der Waals surface area (Å²) in [5, 5.41) is 6.15. The van der Waals surface area contributed by atoms with Crippen LogP contribution in [0.3, 0.4) is 0 Å². The Balaban J connectivity index is 0.00000243. The predicted molar refractivity (Wildman–Crippen MR) is 110 cm³/mol. The summed E-state index contributed by atoms with van der Waals surface area (Å²) in [7, 11) is 1.80. The van der Waals surface area contributed by atoms with Crippen LogP contribution in [0, 0.1) is 0 Å². The lowest BCUT2D eigenvalue weighted by Gasteiger charge is -2.32. The van der Waals surface area contributed by atoms with E-state index < -0.39 is 0 Å². The molecule has 1 aromatic heterocycles. The smallest absolute Gasteiger partial charge is 0.287 e. The fraction of sp³-hybridized carbons (Fsp3) is 0.647. The molecule has 0 aromatic carbocycles. The maximum atomic E-state index is 11.8. The number of halogens is 1. The Kier molecular flexibility index (Phi) is 8.66. The van der Waals surface area contributed by atoms with E-state index >= 15 is 0 Å². The zero-order valence-corrected chi connectivity index (χ0v) is 17.5. The minimum Gasteiger partial charge on any atom is -0.459 e.